The fourth-order valence-corrected chi connectivity index (χ4v) is 1.16. The number of hydrogen-bond donors (Lipinski definition) is 1. The van der Waals surface area contributed by atoms with Gasteiger partial charge in [0.25, 0.3) is 0 Å². The minimum atomic E-state index is -0.563. The lowest BCUT2D eigenvalue weighted by Crippen LogP contribution is -2.41. The van der Waals surface area contributed by atoms with Crippen molar-refractivity contribution in [2.24, 2.45) is 5.92 Å². The Kier molecular flexibility index (Phi) is 5.92. The van der Waals surface area contributed by atoms with Gasteiger partial charge in [-0.1, -0.05) is 20.3 Å². The van der Waals surface area contributed by atoms with Gasteiger partial charge in [0.1, 0.15) is 6.04 Å². The maximum Gasteiger partial charge on any atom is 0.328 e. The van der Waals surface area contributed by atoms with Crippen LogP contribution in [0.5, 0.6) is 0 Å². The fourth-order valence-electron chi connectivity index (χ4n) is 1.16. The largest absolute Gasteiger partial charge is 0.467 e. The molecule has 0 saturated carbocycles. The smallest absolute Gasteiger partial charge is 0.328 e. The van der Waals surface area contributed by atoms with Crippen LogP contribution in [0.1, 0.15) is 33.6 Å². The maximum absolute atomic E-state index is 11.4. The minimum absolute atomic E-state index is 0.0490. The molecule has 1 N–H and O–H groups in total. The van der Waals surface area contributed by atoms with E-state index in [1.807, 2.05) is 13.8 Å². The number of carbonyl (C=O) groups is 2. The third-order valence-electron chi connectivity index (χ3n) is 2.08. The highest BCUT2D eigenvalue weighted by Gasteiger charge is 2.19. The second-order valence-corrected chi connectivity index (χ2v) is 3.44. The van der Waals surface area contributed by atoms with Crippen molar-refractivity contribution < 1.29 is 14.3 Å². The van der Waals surface area contributed by atoms with Gasteiger partial charge < -0.3 is 10.1 Å². The van der Waals surface area contributed by atoms with Gasteiger partial charge in [0.2, 0.25) is 5.91 Å². The third-order valence-corrected chi connectivity index (χ3v) is 2.08. The molecule has 14 heavy (non-hydrogen) atoms. The van der Waals surface area contributed by atoms with Crippen LogP contribution < -0.4 is 5.32 Å². The van der Waals surface area contributed by atoms with Crippen LogP contribution in [0, 0.1) is 5.92 Å². The van der Waals surface area contributed by atoms with Gasteiger partial charge in [-0.05, 0) is 13.3 Å². The lowest BCUT2D eigenvalue weighted by molar-refractivity contribution is -0.145. The van der Waals surface area contributed by atoms with Crippen LogP contribution >= 0.6 is 0 Å². The molecule has 4 heteroatoms. The van der Waals surface area contributed by atoms with Gasteiger partial charge in [-0.25, -0.2) is 4.79 Å². The zero-order chi connectivity index (χ0) is 11.1. The molecule has 0 fully saturated rings. The van der Waals surface area contributed by atoms with Gasteiger partial charge >= 0.3 is 5.97 Å². The SMILES string of the molecule is CCCC(C)C(=O)N[C@@H](C)C(=O)OC. The molecule has 1 amide bonds. The molecular weight excluding hydrogens is 182 g/mol. The molecule has 0 aliphatic carbocycles. The van der Waals surface area contributed by atoms with Crippen molar-refractivity contribution in [1.82, 2.24) is 5.32 Å². The van der Waals surface area contributed by atoms with Crippen molar-refractivity contribution in [1.29, 1.82) is 0 Å². The van der Waals surface area contributed by atoms with Crippen molar-refractivity contribution in [3.8, 4) is 0 Å². The van der Waals surface area contributed by atoms with Gasteiger partial charge in [0.05, 0.1) is 7.11 Å². The maximum atomic E-state index is 11.4. The van der Waals surface area contributed by atoms with Gasteiger partial charge in [-0.3, -0.25) is 4.79 Å². The highest BCUT2D eigenvalue weighted by Crippen LogP contribution is 2.05. The molecule has 0 radical (unpaired) electrons. The van der Waals surface area contributed by atoms with Crippen molar-refractivity contribution in [3.63, 3.8) is 0 Å². The Bertz CT molecular complexity index is 204. The van der Waals surface area contributed by atoms with Crippen molar-refractivity contribution in [3.05, 3.63) is 0 Å². The lowest BCUT2D eigenvalue weighted by Gasteiger charge is -2.15. The van der Waals surface area contributed by atoms with Gasteiger partial charge in [-0.2, -0.15) is 0 Å². The Hall–Kier alpha value is -1.06. The Morgan fingerprint density at radius 2 is 1.93 bits per heavy atom. The first-order valence-electron chi connectivity index (χ1n) is 4.91. The Morgan fingerprint density at radius 3 is 2.36 bits per heavy atom. The molecule has 0 saturated heterocycles. The highest BCUT2D eigenvalue weighted by molar-refractivity contribution is 5.85. The van der Waals surface area contributed by atoms with E-state index in [9.17, 15) is 9.59 Å². The van der Waals surface area contributed by atoms with Gasteiger partial charge in [-0.15, -0.1) is 0 Å². The summed E-state index contributed by atoms with van der Waals surface area (Å²) in [5, 5.41) is 2.60. The molecule has 0 aliphatic heterocycles. The van der Waals surface area contributed by atoms with Crippen LogP contribution in [0.15, 0.2) is 0 Å². The molecule has 0 spiro atoms. The van der Waals surface area contributed by atoms with Crippen LogP contribution in [0.25, 0.3) is 0 Å². The molecule has 82 valence electrons. The minimum Gasteiger partial charge on any atom is -0.467 e. The summed E-state index contributed by atoms with van der Waals surface area (Å²) in [7, 11) is 1.31. The first-order valence-corrected chi connectivity index (χ1v) is 4.91. The van der Waals surface area contributed by atoms with Crippen LogP contribution in [0.3, 0.4) is 0 Å². The number of carbonyl (C=O) groups excluding carboxylic acids is 2. The third kappa shape index (κ3) is 4.25. The van der Waals surface area contributed by atoms with E-state index < -0.39 is 12.0 Å². The molecule has 0 aromatic carbocycles. The van der Waals surface area contributed by atoms with E-state index in [1.165, 1.54) is 7.11 Å². The second kappa shape index (κ2) is 6.40. The normalized spacial score (nSPS) is 14.3. The number of esters is 1. The molecule has 0 aromatic heterocycles. The monoisotopic (exact) mass is 201 g/mol. The zero-order valence-electron chi connectivity index (χ0n) is 9.29. The molecule has 0 aliphatic rings. The van der Waals surface area contributed by atoms with Crippen LogP contribution in [0.2, 0.25) is 0 Å². The first-order chi connectivity index (χ1) is 6.52. The zero-order valence-corrected chi connectivity index (χ0v) is 9.29. The quantitative estimate of drug-likeness (QED) is 0.678. The molecular formula is C10H19NO3. The van der Waals surface area contributed by atoms with E-state index in [-0.39, 0.29) is 11.8 Å². The number of methoxy groups -OCH3 is 1. The highest BCUT2D eigenvalue weighted by atomic mass is 16.5. The topological polar surface area (TPSA) is 55.4 Å². The van der Waals surface area contributed by atoms with E-state index in [2.05, 4.69) is 10.1 Å². The average molecular weight is 201 g/mol. The predicted octanol–water partition coefficient (Wildman–Crippen LogP) is 1.10. The summed E-state index contributed by atoms with van der Waals surface area (Å²) in [5.74, 6) is -0.557. The summed E-state index contributed by atoms with van der Waals surface area (Å²) in [4.78, 5) is 22.4. The molecule has 0 bridgehead atoms. The summed E-state index contributed by atoms with van der Waals surface area (Å²) >= 11 is 0. The van der Waals surface area contributed by atoms with E-state index in [0.29, 0.717) is 0 Å². The summed E-state index contributed by atoms with van der Waals surface area (Å²) in [6.07, 6.45) is 1.79. The number of ether oxygens (including phenoxy) is 1. The summed E-state index contributed by atoms with van der Waals surface area (Å²) in [6.45, 7) is 5.48. The fraction of sp³-hybridized carbons (Fsp3) is 0.800. The Labute approximate surface area is 85.0 Å². The van der Waals surface area contributed by atoms with E-state index in [4.69, 9.17) is 0 Å². The molecule has 4 nitrogen and oxygen atoms in total. The van der Waals surface area contributed by atoms with E-state index in [0.717, 1.165) is 12.8 Å². The number of rotatable bonds is 5. The predicted molar refractivity (Wildman–Crippen MR) is 53.7 cm³/mol. The molecule has 0 aromatic rings. The molecule has 0 heterocycles. The molecule has 2 atom stereocenters. The summed E-state index contributed by atoms with van der Waals surface area (Å²) < 4.78 is 4.50. The standard InChI is InChI=1S/C10H19NO3/c1-5-6-7(2)9(12)11-8(3)10(13)14-4/h7-8H,5-6H2,1-4H3,(H,11,12)/t7?,8-/m0/s1. The van der Waals surface area contributed by atoms with Gasteiger partial charge in [0.15, 0.2) is 0 Å². The average Bonchev–Trinajstić information content (AvgIpc) is 2.16. The lowest BCUT2D eigenvalue weighted by atomic mass is 10.1. The van der Waals surface area contributed by atoms with Crippen molar-refractivity contribution >= 4 is 11.9 Å². The number of nitrogens with one attached hydrogen (secondary N) is 1. The van der Waals surface area contributed by atoms with Crippen LogP contribution in [-0.2, 0) is 14.3 Å². The van der Waals surface area contributed by atoms with Crippen molar-refractivity contribution in [2.75, 3.05) is 7.11 Å². The first kappa shape index (κ1) is 12.9. The van der Waals surface area contributed by atoms with E-state index in [1.54, 1.807) is 6.92 Å². The van der Waals surface area contributed by atoms with Gasteiger partial charge in [0, 0.05) is 5.92 Å². The number of amides is 1. The molecule has 0 rings (SSSR count). The summed E-state index contributed by atoms with van der Waals surface area (Å²) in [5.41, 5.74) is 0. The Morgan fingerprint density at radius 1 is 1.36 bits per heavy atom. The van der Waals surface area contributed by atoms with Crippen LogP contribution in [-0.4, -0.2) is 25.0 Å². The molecule has 1 unspecified atom stereocenters. The number of hydrogen-bond acceptors (Lipinski definition) is 3. The summed E-state index contributed by atoms with van der Waals surface area (Å²) in [6, 6.07) is -0.563. The second-order valence-electron chi connectivity index (χ2n) is 3.44. The Balaban J connectivity index is 3.98. The van der Waals surface area contributed by atoms with E-state index >= 15 is 0 Å². The van der Waals surface area contributed by atoms with Crippen molar-refractivity contribution in [2.45, 2.75) is 39.7 Å². The van der Waals surface area contributed by atoms with Crippen LogP contribution in [0.4, 0.5) is 0 Å².